The van der Waals surface area contributed by atoms with Crippen LogP contribution in [-0.4, -0.2) is 38.7 Å². The topological polar surface area (TPSA) is 92.7 Å². The van der Waals surface area contributed by atoms with Gasteiger partial charge >= 0.3 is 5.97 Å². The van der Waals surface area contributed by atoms with Crippen molar-refractivity contribution in [1.29, 1.82) is 0 Å². The maximum atomic E-state index is 12.2. The van der Waals surface area contributed by atoms with E-state index in [1.54, 1.807) is 12.1 Å². The minimum atomic E-state index is -3.58. The molecule has 2 rings (SSSR count). The quantitative estimate of drug-likeness (QED) is 0.798. The van der Waals surface area contributed by atoms with Gasteiger partial charge in [0.2, 0.25) is 10.0 Å². The molecule has 0 bridgehead atoms. The Kier molecular flexibility index (Phi) is 5.11. The molecule has 7 heteroatoms. The summed E-state index contributed by atoms with van der Waals surface area (Å²) in [6, 6.07) is 5.83. The zero-order chi connectivity index (χ0) is 15.3. The predicted octanol–water partition coefficient (Wildman–Crippen LogP) is 1.24. The third-order valence-corrected chi connectivity index (χ3v) is 4.63. The molecule has 2 N–H and O–H groups in total. The average Bonchev–Trinajstić information content (AvgIpc) is 2.46. The first-order valence-electron chi connectivity index (χ1n) is 6.58. The zero-order valence-corrected chi connectivity index (χ0v) is 12.2. The fourth-order valence-electron chi connectivity index (χ4n) is 2.05. The van der Waals surface area contributed by atoms with E-state index in [-0.39, 0.29) is 10.9 Å². The highest BCUT2D eigenvalue weighted by Crippen LogP contribution is 2.14. The van der Waals surface area contributed by atoms with Gasteiger partial charge in [-0.15, -0.1) is 0 Å². The number of sulfonamides is 1. The molecule has 1 aromatic rings. The number of carboxylic acids is 1. The van der Waals surface area contributed by atoms with Crippen molar-refractivity contribution in [3.05, 3.63) is 35.9 Å². The van der Waals surface area contributed by atoms with Crippen LogP contribution in [0.3, 0.4) is 0 Å². The standard InChI is InChI=1S/C14H17NO5S/c16-14(17)8-5-11-3-6-13(7-4-11)21(18,19)15-12-2-1-9-20-10-12/h3-8,12,15H,1-2,9-10H2,(H,16,17). The Balaban J connectivity index is 2.07. The molecule has 0 aliphatic carbocycles. The monoisotopic (exact) mass is 311 g/mol. The second-order valence-electron chi connectivity index (χ2n) is 4.78. The van der Waals surface area contributed by atoms with Crippen LogP contribution in [0.4, 0.5) is 0 Å². The van der Waals surface area contributed by atoms with Crippen LogP contribution in [0.5, 0.6) is 0 Å². The van der Waals surface area contributed by atoms with E-state index >= 15 is 0 Å². The van der Waals surface area contributed by atoms with Gasteiger partial charge in [-0.1, -0.05) is 12.1 Å². The van der Waals surface area contributed by atoms with Crippen LogP contribution in [0.25, 0.3) is 6.08 Å². The number of benzene rings is 1. The summed E-state index contributed by atoms with van der Waals surface area (Å²) in [5, 5.41) is 8.54. The van der Waals surface area contributed by atoms with E-state index in [0.29, 0.717) is 18.8 Å². The summed E-state index contributed by atoms with van der Waals surface area (Å²) in [6.45, 7) is 1.06. The number of nitrogens with one attached hydrogen (secondary N) is 1. The number of aliphatic carboxylic acids is 1. The maximum Gasteiger partial charge on any atom is 0.328 e. The Hall–Kier alpha value is -1.70. The fraction of sp³-hybridized carbons (Fsp3) is 0.357. The number of carbonyl (C=O) groups is 1. The van der Waals surface area contributed by atoms with Crippen molar-refractivity contribution in [3.8, 4) is 0 Å². The minimum Gasteiger partial charge on any atom is -0.478 e. The molecule has 1 aliphatic heterocycles. The summed E-state index contributed by atoms with van der Waals surface area (Å²) in [5.74, 6) is -1.05. The van der Waals surface area contributed by atoms with Gasteiger partial charge in [0.05, 0.1) is 11.5 Å². The first kappa shape index (κ1) is 15.7. The molecular weight excluding hydrogens is 294 g/mol. The summed E-state index contributed by atoms with van der Waals surface area (Å²) in [5.41, 5.74) is 0.623. The van der Waals surface area contributed by atoms with Crippen LogP contribution < -0.4 is 4.72 Å². The maximum absolute atomic E-state index is 12.2. The van der Waals surface area contributed by atoms with Gasteiger partial charge in [-0.05, 0) is 36.6 Å². The largest absolute Gasteiger partial charge is 0.478 e. The highest BCUT2D eigenvalue weighted by molar-refractivity contribution is 7.89. The lowest BCUT2D eigenvalue weighted by Gasteiger charge is -2.22. The van der Waals surface area contributed by atoms with Crippen molar-refractivity contribution in [3.63, 3.8) is 0 Å². The predicted molar refractivity (Wildman–Crippen MR) is 77.3 cm³/mol. The van der Waals surface area contributed by atoms with E-state index in [0.717, 1.165) is 18.9 Å². The van der Waals surface area contributed by atoms with Gasteiger partial charge in [-0.25, -0.2) is 17.9 Å². The number of hydrogen-bond acceptors (Lipinski definition) is 4. The van der Waals surface area contributed by atoms with Crippen molar-refractivity contribution in [2.24, 2.45) is 0 Å². The molecule has 1 fully saturated rings. The molecule has 21 heavy (non-hydrogen) atoms. The highest BCUT2D eigenvalue weighted by Gasteiger charge is 2.21. The summed E-state index contributed by atoms with van der Waals surface area (Å²) in [6.07, 6.45) is 4.01. The molecule has 114 valence electrons. The van der Waals surface area contributed by atoms with Gasteiger partial charge in [0.25, 0.3) is 0 Å². The SMILES string of the molecule is O=C(O)C=Cc1ccc(S(=O)(=O)NC2CCCOC2)cc1. The molecule has 1 aromatic carbocycles. The summed E-state index contributed by atoms with van der Waals surface area (Å²) >= 11 is 0. The summed E-state index contributed by atoms with van der Waals surface area (Å²) in [4.78, 5) is 10.6. The average molecular weight is 311 g/mol. The molecule has 1 aliphatic rings. The second kappa shape index (κ2) is 6.84. The fourth-order valence-corrected chi connectivity index (χ4v) is 3.30. The third-order valence-electron chi connectivity index (χ3n) is 3.09. The first-order valence-corrected chi connectivity index (χ1v) is 8.07. The van der Waals surface area contributed by atoms with Crippen molar-refractivity contribution < 1.29 is 23.1 Å². The van der Waals surface area contributed by atoms with Gasteiger partial charge in [0.15, 0.2) is 0 Å². The third kappa shape index (κ3) is 4.66. The van der Waals surface area contributed by atoms with E-state index in [9.17, 15) is 13.2 Å². The zero-order valence-electron chi connectivity index (χ0n) is 11.4. The van der Waals surface area contributed by atoms with E-state index < -0.39 is 16.0 Å². The number of rotatable bonds is 5. The molecule has 1 saturated heterocycles. The van der Waals surface area contributed by atoms with Gasteiger partial charge < -0.3 is 9.84 Å². The van der Waals surface area contributed by atoms with Crippen molar-refractivity contribution in [2.75, 3.05) is 13.2 Å². The summed E-state index contributed by atoms with van der Waals surface area (Å²) in [7, 11) is -3.58. The van der Waals surface area contributed by atoms with Gasteiger partial charge in [-0.2, -0.15) is 0 Å². The van der Waals surface area contributed by atoms with Crippen LogP contribution in [0.15, 0.2) is 35.2 Å². The van der Waals surface area contributed by atoms with Crippen LogP contribution >= 0.6 is 0 Å². The van der Waals surface area contributed by atoms with Crippen LogP contribution in [0.1, 0.15) is 18.4 Å². The minimum absolute atomic E-state index is 0.153. The Morgan fingerprint density at radius 3 is 2.62 bits per heavy atom. The molecule has 0 saturated carbocycles. The molecule has 0 amide bonds. The molecule has 1 heterocycles. The van der Waals surface area contributed by atoms with E-state index in [2.05, 4.69) is 4.72 Å². The van der Waals surface area contributed by atoms with Gasteiger partial charge in [0.1, 0.15) is 0 Å². The molecular formula is C14H17NO5S. The van der Waals surface area contributed by atoms with Gasteiger partial charge in [0, 0.05) is 18.7 Å². The number of ether oxygens (including phenoxy) is 1. The lowest BCUT2D eigenvalue weighted by molar-refractivity contribution is -0.131. The van der Waals surface area contributed by atoms with Crippen LogP contribution in [0.2, 0.25) is 0 Å². The lowest BCUT2D eigenvalue weighted by atomic mass is 10.1. The van der Waals surface area contributed by atoms with Crippen LogP contribution in [-0.2, 0) is 19.6 Å². The highest BCUT2D eigenvalue weighted by atomic mass is 32.2. The van der Waals surface area contributed by atoms with E-state index in [4.69, 9.17) is 9.84 Å². The normalized spacial score (nSPS) is 19.7. The molecule has 1 unspecified atom stereocenters. The Morgan fingerprint density at radius 1 is 1.33 bits per heavy atom. The second-order valence-corrected chi connectivity index (χ2v) is 6.49. The lowest BCUT2D eigenvalue weighted by Crippen LogP contribution is -2.40. The van der Waals surface area contributed by atoms with Crippen molar-refractivity contribution >= 4 is 22.1 Å². The molecule has 0 spiro atoms. The van der Waals surface area contributed by atoms with Crippen molar-refractivity contribution in [1.82, 2.24) is 4.72 Å². The number of hydrogen-bond donors (Lipinski definition) is 2. The molecule has 1 atom stereocenters. The summed E-state index contributed by atoms with van der Waals surface area (Å²) < 4.78 is 32.3. The molecule has 0 aromatic heterocycles. The van der Waals surface area contributed by atoms with Gasteiger partial charge in [-0.3, -0.25) is 0 Å². The van der Waals surface area contributed by atoms with E-state index in [1.165, 1.54) is 18.2 Å². The first-order chi connectivity index (χ1) is 9.97. The molecule has 6 nitrogen and oxygen atoms in total. The van der Waals surface area contributed by atoms with Crippen molar-refractivity contribution in [2.45, 2.75) is 23.8 Å². The Bertz CT molecular complexity index is 615. The molecule has 0 radical (unpaired) electrons. The Morgan fingerprint density at radius 2 is 2.05 bits per heavy atom. The van der Waals surface area contributed by atoms with Crippen LogP contribution in [0, 0.1) is 0 Å². The Labute approximate surface area is 123 Å². The number of carboxylic acid groups (broad SMARTS) is 1. The van der Waals surface area contributed by atoms with E-state index in [1.807, 2.05) is 0 Å². The smallest absolute Gasteiger partial charge is 0.328 e.